The van der Waals surface area contributed by atoms with Crippen LogP contribution in [-0.2, 0) is 0 Å². The summed E-state index contributed by atoms with van der Waals surface area (Å²) in [5.74, 6) is 2.68. The van der Waals surface area contributed by atoms with E-state index < -0.39 is 0 Å². The van der Waals surface area contributed by atoms with E-state index in [1.165, 1.54) is 6.42 Å². The maximum absolute atomic E-state index is 8.76. The van der Waals surface area contributed by atoms with Gasteiger partial charge in [0.1, 0.15) is 0 Å². The summed E-state index contributed by atoms with van der Waals surface area (Å²) in [6.07, 6.45) is 7.75. The van der Waals surface area contributed by atoms with Gasteiger partial charge in [-0.25, -0.2) is 0 Å². The molecule has 0 spiro atoms. The van der Waals surface area contributed by atoms with E-state index in [2.05, 4.69) is 28.8 Å². The second-order valence-electron chi connectivity index (χ2n) is 4.12. The van der Waals surface area contributed by atoms with Crippen LogP contribution in [0.1, 0.15) is 19.3 Å². The summed E-state index contributed by atoms with van der Waals surface area (Å²) < 4.78 is 0. The van der Waals surface area contributed by atoms with Crippen molar-refractivity contribution in [2.45, 2.75) is 25.3 Å². The van der Waals surface area contributed by atoms with Crippen LogP contribution in [0, 0.1) is 23.7 Å². The highest BCUT2D eigenvalue weighted by Crippen LogP contribution is 2.11. The number of rotatable bonds is 3. The van der Waals surface area contributed by atoms with E-state index in [1.807, 2.05) is 0 Å². The van der Waals surface area contributed by atoms with E-state index in [0.29, 0.717) is 12.8 Å². The van der Waals surface area contributed by atoms with Gasteiger partial charge in [-0.3, -0.25) is 4.90 Å². The molecule has 0 aromatic carbocycles. The van der Waals surface area contributed by atoms with E-state index >= 15 is 0 Å². The molecule has 1 atom stereocenters. The molecule has 15 heavy (non-hydrogen) atoms. The average molecular weight is 205 g/mol. The summed E-state index contributed by atoms with van der Waals surface area (Å²) in [5, 5.41) is 8.76. The lowest BCUT2D eigenvalue weighted by Crippen LogP contribution is -2.37. The van der Waals surface area contributed by atoms with Crippen molar-refractivity contribution >= 4 is 0 Å². The molecule has 82 valence electrons. The summed E-state index contributed by atoms with van der Waals surface area (Å²) in [6.45, 7) is 4.32. The zero-order chi connectivity index (χ0) is 11.1. The molecule has 0 bridgehead atoms. The normalized spacial score (nSPS) is 21.3. The van der Waals surface area contributed by atoms with Gasteiger partial charge in [0.25, 0.3) is 0 Å². The van der Waals surface area contributed by atoms with Crippen molar-refractivity contribution in [1.29, 1.82) is 5.26 Å². The van der Waals surface area contributed by atoms with Crippen molar-refractivity contribution in [2.24, 2.45) is 0 Å². The maximum atomic E-state index is 8.76. The highest BCUT2D eigenvalue weighted by atomic mass is 15.2. The van der Waals surface area contributed by atoms with Crippen molar-refractivity contribution in [1.82, 2.24) is 9.80 Å². The minimum atomic E-state index is 0.256. The van der Waals surface area contributed by atoms with E-state index in [1.54, 1.807) is 0 Å². The van der Waals surface area contributed by atoms with Crippen LogP contribution >= 0.6 is 0 Å². The third-order valence-electron chi connectivity index (χ3n) is 2.95. The van der Waals surface area contributed by atoms with Crippen LogP contribution in [0.25, 0.3) is 0 Å². The molecule has 3 heteroatoms. The Labute approximate surface area is 92.7 Å². The van der Waals surface area contributed by atoms with Crippen LogP contribution in [-0.4, -0.2) is 49.1 Å². The lowest BCUT2D eigenvalue weighted by molar-refractivity contribution is 0.206. The van der Waals surface area contributed by atoms with Crippen molar-refractivity contribution < 1.29 is 0 Å². The molecule has 1 heterocycles. The van der Waals surface area contributed by atoms with Crippen LogP contribution < -0.4 is 0 Å². The van der Waals surface area contributed by atoms with Gasteiger partial charge in [-0.15, -0.1) is 12.3 Å². The number of terminal acetylenes is 1. The molecule has 1 rings (SSSR count). The molecular formula is C12H19N3. The van der Waals surface area contributed by atoms with Gasteiger partial charge in [-0.2, -0.15) is 5.26 Å². The first-order valence-electron chi connectivity index (χ1n) is 5.51. The number of nitriles is 1. The van der Waals surface area contributed by atoms with Crippen LogP contribution in [0.5, 0.6) is 0 Å². The van der Waals surface area contributed by atoms with Crippen molar-refractivity contribution in [3.05, 3.63) is 0 Å². The molecule has 0 amide bonds. The van der Waals surface area contributed by atoms with Gasteiger partial charge >= 0.3 is 0 Å². The van der Waals surface area contributed by atoms with E-state index in [4.69, 9.17) is 11.7 Å². The predicted octanol–water partition coefficient (Wildman–Crippen LogP) is 0.929. The summed E-state index contributed by atoms with van der Waals surface area (Å²) >= 11 is 0. The first kappa shape index (κ1) is 12.0. The zero-order valence-electron chi connectivity index (χ0n) is 9.45. The molecule has 1 aliphatic rings. The monoisotopic (exact) mass is 205 g/mol. The Morgan fingerprint density at radius 1 is 1.27 bits per heavy atom. The zero-order valence-corrected chi connectivity index (χ0v) is 9.45. The molecule has 1 unspecified atom stereocenters. The Hall–Kier alpha value is -1.03. The lowest BCUT2D eigenvalue weighted by atomic mass is 10.1. The molecule has 0 N–H and O–H groups in total. The van der Waals surface area contributed by atoms with E-state index in [0.717, 1.165) is 26.2 Å². The summed E-state index contributed by atoms with van der Waals surface area (Å²) in [7, 11) is 2.14. The third-order valence-corrected chi connectivity index (χ3v) is 2.95. The fourth-order valence-electron chi connectivity index (χ4n) is 2.00. The topological polar surface area (TPSA) is 30.3 Å². The number of nitrogens with zero attached hydrogens (tertiary/aromatic N) is 3. The first-order chi connectivity index (χ1) is 7.27. The maximum Gasteiger partial charge on any atom is 0.0638 e. The number of hydrogen-bond acceptors (Lipinski definition) is 3. The summed E-state index contributed by atoms with van der Waals surface area (Å²) in [5.41, 5.74) is 0. The Morgan fingerprint density at radius 2 is 2.07 bits per heavy atom. The molecular weight excluding hydrogens is 186 g/mol. The average Bonchev–Trinajstić information content (AvgIpc) is 2.43. The Bertz CT molecular complexity index is 245. The SMILES string of the molecule is C#CCC(CC#N)N1CCCN(C)CC1. The molecule has 0 aliphatic carbocycles. The summed E-state index contributed by atoms with van der Waals surface area (Å²) in [4.78, 5) is 4.70. The van der Waals surface area contributed by atoms with Crippen LogP contribution in [0.4, 0.5) is 0 Å². The second-order valence-corrected chi connectivity index (χ2v) is 4.12. The summed E-state index contributed by atoms with van der Waals surface area (Å²) in [6, 6.07) is 2.49. The highest BCUT2D eigenvalue weighted by Gasteiger charge is 2.19. The molecule has 0 radical (unpaired) electrons. The number of likely N-dealkylation sites (N-methyl/N-ethyl adjacent to an activating group) is 1. The van der Waals surface area contributed by atoms with Gasteiger partial charge in [0.2, 0.25) is 0 Å². The van der Waals surface area contributed by atoms with Crippen molar-refractivity contribution in [3.63, 3.8) is 0 Å². The molecule has 0 aromatic rings. The predicted molar refractivity (Wildman–Crippen MR) is 61.2 cm³/mol. The standard InChI is InChI=1S/C12H19N3/c1-3-5-12(6-7-13)15-9-4-8-14(2)10-11-15/h1,12H,4-6,8-11H2,2H3. The molecule has 1 aliphatic heterocycles. The van der Waals surface area contributed by atoms with Crippen LogP contribution in [0.3, 0.4) is 0 Å². The quantitative estimate of drug-likeness (QED) is 0.642. The van der Waals surface area contributed by atoms with Crippen molar-refractivity contribution in [3.8, 4) is 18.4 Å². The van der Waals surface area contributed by atoms with Gasteiger partial charge < -0.3 is 4.90 Å². The first-order valence-corrected chi connectivity index (χ1v) is 5.51. The molecule has 1 saturated heterocycles. The Kier molecular flexibility index (Phi) is 5.18. The fraction of sp³-hybridized carbons (Fsp3) is 0.750. The second kappa shape index (κ2) is 6.45. The van der Waals surface area contributed by atoms with Crippen LogP contribution in [0.15, 0.2) is 0 Å². The Balaban J connectivity index is 2.51. The number of hydrogen-bond donors (Lipinski definition) is 0. The van der Waals surface area contributed by atoms with Crippen LogP contribution in [0.2, 0.25) is 0 Å². The Morgan fingerprint density at radius 3 is 2.73 bits per heavy atom. The highest BCUT2D eigenvalue weighted by molar-refractivity contribution is 4.95. The molecule has 1 fully saturated rings. The van der Waals surface area contributed by atoms with Gasteiger partial charge in [0.15, 0.2) is 0 Å². The third kappa shape index (κ3) is 3.91. The van der Waals surface area contributed by atoms with Gasteiger partial charge in [-0.1, -0.05) is 0 Å². The molecule has 3 nitrogen and oxygen atoms in total. The minimum absolute atomic E-state index is 0.256. The lowest BCUT2D eigenvalue weighted by Gasteiger charge is -2.27. The molecule has 0 aromatic heterocycles. The fourth-order valence-corrected chi connectivity index (χ4v) is 2.00. The largest absolute Gasteiger partial charge is 0.305 e. The van der Waals surface area contributed by atoms with Gasteiger partial charge in [0, 0.05) is 25.6 Å². The van der Waals surface area contributed by atoms with Crippen molar-refractivity contribution in [2.75, 3.05) is 33.2 Å². The van der Waals surface area contributed by atoms with Gasteiger partial charge in [-0.05, 0) is 26.6 Å². The molecule has 0 saturated carbocycles. The minimum Gasteiger partial charge on any atom is -0.305 e. The van der Waals surface area contributed by atoms with E-state index in [-0.39, 0.29) is 6.04 Å². The van der Waals surface area contributed by atoms with Gasteiger partial charge in [0.05, 0.1) is 12.5 Å². The van der Waals surface area contributed by atoms with E-state index in [9.17, 15) is 0 Å². The smallest absolute Gasteiger partial charge is 0.0638 e.